The number of halogens is 3. The first-order chi connectivity index (χ1) is 14.5. The number of thiazole rings is 1. The number of hydrogen-bond donors (Lipinski definition) is 0. The molecule has 1 amide bonds. The van der Waals surface area contributed by atoms with E-state index in [1.54, 1.807) is 0 Å². The topological polar surface area (TPSA) is 45.7 Å². The zero-order valence-corrected chi connectivity index (χ0v) is 19.4. The normalized spacial score (nSPS) is 10.9. The van der Waals surface area contributed by atoms with Crippen molar-refractivity contribution >= 4 is 45.0 Å². The lowest BCUT2D eigenvalue weighted by Gasteiger charge is -2.24. The highest BCUT2D eigenvalue weighted by atomic mass is 35.5. The van der Waals surface area contributed by atoms with Crippen molar-refractivity contribution in [1.82, 2.24) is 9.88 Å². The summed E-state index contributed by atoms with van der Waals surface area (Å²) < 4.78 is 33.7. The molecule has 0 aliphatic heterocycles. The number of carbonyl (C=O) groups excluding carboxylic acids is 1. The number of likely N-dealkylation sites (N-methyl/N-ethyl adjacent to an activating group) is 1. The van der Waals surface area contributed by atoms with E-state index in [1.807, 2.05) is 25.1 Å². The van der Waals surface area contributed by atoms with Crippen LogP contribution in [0.15, 0.2) is 36.4 Å². The quantitative estimate of drug-likeness (QED) is 0.422. The van der Waals surface area contributed by atoms with Crippen LogP contribution < -0.4 is 9.64 Å². The molecule has 168 valence electrons. The van der Waals surface area contributed by atoms with Gasteiger partial charge in [0.15, 0.2) is 16.8 Å². The van der Waals surface area contributed by atoms with Crippen molar-refractivity contribution in [3.8, 4) is 5.75 Å². The summed E-state index contributed by atoms with van der Waals surface area (Å²) in [6.45, 7) is 9.21. The molecule has 0 aliphatic rings. The van der Waals surface area contributed by atoms with Crippen LogP contribution in [0.4, 0.5) is 13.9 Å². The van der Waals surface area contributed by atoms with Crippen molar-refractivity contribution < 1.29 is 18.3 Å². The van der Waals surface area contributed by atoms with Crippen molar-refractivity contribution in [2.75, 3.05) is 37.7 Å². The number of para-hydroxylation sites is 1. The second kappa shape index (κ2) is 11.4. The van der Waals surface area contributed by atoms with Crippen molar-refractivity contribution in [3.05, 3.63) is 53.6 Å². The van der Waals surface area contributed by atoms with Gasteiger partial charge < -0.3 is 9.64 Å². The van der Waals surface area contributed by atoms with E-state index in [1.165, 1.54) is 22.3 Å². The van der Waals surface area contributed by atoms with Gasteiger partial charge in [0, 0.05) is 18.7 Å². The van der Waals surface area contributed by atoms with Crippen LogP contribution in [0.1, 0.15) is 31.1 Å². The minimum absolute atomic E-state index is 0. The van der Waals surface area contributed by atoms with Crippen LogP contribution in [0.2, 0.25) is 0 Å². The largest absolute Gasteiger partial charge is 0.492 e. The molecule has 0 radical (unpaired) electrons. The van der Waals surface area contributed by atoms with E-state index in [2.05, 4.69) is 23.7 Å². The number of aromatic nitrogens is 1. The van der Waals surface area contributed by atoms with E-state index in [9.17, 15) is 13.6 Å². The monoisotopic (exact) mass is 469 g/mol. The van der Waals surface area contributed by atoms with Gasteiger partial charge in [0.05, 0.1) is 11.3 Å². The highest BCUT2D eigenvalue weighted by Crippen LogP contribution is 2.34. The molecule has 0 fully saturated rings. The molecule has 9 heteroatoms. The Morgan fingerprint density at radius 2 is 1.81 bits per heavy atom. The SMILES string of the molecule is CCOc1cccc2sc(N(CCN(CC)CC)C(=O)c3ccc(F)c(F)c3)nc12.Cl. The summed E-state index contributed by atoms with van der Waals surface area (Å²) in [4.78, 5) is 21.6. The molecule has 1 aromatic heterocycles. The first kappa shape index (κ1) is 25.0. The fourth-order valence-electron chi connectivity index (χ4n) is 3.15. The fourth-order valence-corrected chi connectivity index (χ4v) is 4.16. The highest BCUT2D eigenvalue weighted by Gasteiger charge is 2.23. The molecule has 0 saturated carbocycles. The van der Waals surface area contributed by atoms with Crippen LogP contribution in [-0.2, 0) is 0 Å². The molecule has 3 aromatic rings. The van der Waals surface area contributed by atoms with Crippen molar-refractivity contribution in [1.29, 1.82) is 0 Å². The number of rotatable bonds is 9. The minimum Gasteiger partial charge on any atom is -0.492 e. The Bertz CT molecular complexity index is 1030. The average molecular weight is 470 g/mol. The summed E-state index contributed by atoms with van der Waals surface area (Å²) in [6.07, 6.45) is 0. The fraction of sp³-hybridized carbons (Fsp3) is 0.364. The number of fused-ring (bicyclic) bond motifs is 1. The minimum atomic E-state index is -1.05. The maximum Gasteiger partial charge on any atom is 0.260 e. The summed E-state index contributed by atoms with van der Waals surface area (Å²) >= 11 is 1.37. The maximum atomic E-state index is 13.8. The van der Waals surface area contributed by atoms with E-state index in [0.29, 0.717) is 36.1 Å². The Morgan fingerprint density at radius 1 is 1.06 bits per heavy atom. The zero-order valence-electron chi connectivity index (χ0n) is 17.7. The number of ether oxygens (including phenoxy) is 1. The van der Waals surface area contributed by atoms with Crippen molar-refractivity contribution in [3.63, 3.8) is 0 Å². The molecule has 3 rings (SSSR count). The molecule has 0 saturated heterocycles. The summed E-state index contributed by atoms with van der Waals surface area (Å²) in [5, 5.41) is 0.499. The Hall–Kier alpha value is -2.29. The van der Waals surface area contributed by atoms with E-state index < -0.39 is 17.5 Å². The summed E-state index contributed by atoms with van der Waals surface area (Å²) in [6, 6.07) is 8.84. The summed E-state index contributed by atoms with van der Waals surface area (Å²) in [7, 11) is 0. The van der Waals surface area contributed by atoms with Gasteiger partial charge in [0.1, 0.15) is 11.3 Å². The van der Waals surface area contributed by atoms with Gasteiger partial charge in [-0.15, -0.1) is 12.4 Å². The lowest BCUT2D eigenvalue weighted by atomic mass is 10.2. The lowest BCUT2D eigenvalue weighted by Crippen LogP contribution is -2.39. The first-order valence-electron chi connectivity index (χ1n) is 10.00. The number of hydrogen-bond acceptors (Lipinski definition) is 5. The molecule has 0 N–H and O–H groups in total. The van der Waals surface area contributed by atoms with Gasteiger partial charge in [-0.05, 0) is 50.3 Å². The van der Waals surface area contributed by atoms with Crippen molar-refractivity contribution in [2.45, 2.75) is 20.8 Å². The Morgan fingerprint density at radius 3 is 2.45 bits per heavy atom. The van der Waals surface area contributed by atoms with Gasteiger partial charge in [-0.3, -0.25) is 9.69 Å². The van der Waals surface area contributed by atoms with E-state index in [-0.39, 0.29) is 18.0 Å². The van der Waals surface area contributed by atoms with Crippen LogP contribution in [0, 0.1) is 11.6 Å². The molecule has 31 heavy (non-hydrogen) atoms. The third kappa shape index (κ3) is 5.70. The predicted octanol–water partition coefficient (Wildman–Crippen LogP) is 5.38. The number of anilines is 1. The van der Waals surface area contributed by atoms with Crippen LogP contribution >= 0.6 is 23.7 Å². The van der Waals surface area contributed by atoms with E-state index in [0.717, 1.165) is 29.9 Å². The lowest BCUT2D eigenvalue weighted by molar-refractivity contribution is 0.0983. The maximum absolute atomic E-state index is 13.8. The number of nitrogens with zero attached hydrogens (tertiary/aromatic N) is 3. The van der Waals surface area contributed by atoms with Crippen molar-refractivity contribution in [2.24, 2.45) is 0 Å². The number of benzene rings is 2. The molecule has 0 unspecified atom stereocenters. The van der Waals surface area contributed by atoms with Gasteiger partial charge in [0.25, 0.3) is 5.91 Å². The molecular weight excluding hydrogens is 444 g/mol. The highest BCUT2D eigenvalue weighted by molar-refractivity contribution is 7.22. The van der Waals surface area contributed by atoms with Crippen LogP contribution in [0.3, 0.4) is 0 Å². The predicted molar refractivity (Wildman–Crippen MR) is 124 cm³/mol. The van der Waals surface area contributed by atoms with Gasteiger partial charge in [0.2, 0.25) is 0 Å². The zero-order chi connectivity index (χ0) is 21.7. The van der Waals surface area contributed by atoms with Crippen LogP contribution in [0.5, 0.6) is 5.75 Å². The number of carbonyl (C=O) groups is 1. The number of amides is 1. The first-order valence-corrected chi connectivity index (χ1v) is 10.8. The van der Waals surface area contributed by atoms with Gasteiger partial charge in [-0.1, -0.05) is 31.3 Å². The third-order valence-electron chi connectivity index (χ3n) is 4.85. The second-order valence-electron chi connectivity index (χ2n) is 6.64. The molecule has 0 aliphatic carbocycles. The van der Waals surface area contributed by atoms with E-state index >= 15 is 0 Å². The van der Waals surface area contributed by atoms with Crippen LogP contribution in [-0.4, -0.2) is 48.6 Å². The van der Waals surface area contributed by atoms with Gasteiger partial charge in [-0.2, -0.15) is 0 Å². The van der Waals surface area contributed by atoms with Crippen LogP contribution in [0.25, 0.3) is 10.2 Å². The second-order valence-corrected chi connectivity index (χ2v) is 7.65. The Labute approximate surface area is 191 Å². The average Bonchev–Trinajstić information content (AvgIpc) is 3.18. The molecule has 0 bridgehead atoms. The smallest absolute Gasteiger partial charge is 0.260 e. The Balaban J connectivity index is 0.00000341. The third-order valence-corrected chi connectivity index (χ3v) is 5.89. The van der Waals surface area contributed by atoms with Gasteiger partial charge >= 0.3 is 0 Å². The molecule has 0 spiro atoms. The molecular formula is C22H26ClF2N3O2S. The summed E-state index contributed by atoms with van der Waals surface area (Å²) in [5.74, 6) is -1.80. The molecule has 2 aromatic carbocycles. The molecule has 5 nitrogen and oxygen atoms in total. The molecule has 1 heterocycles. The standard InChI is InChI=1S/C22H25F2N3O2S.ClH/c1-4-26(5-2)12-13-27(21(28)15-10-11-16(23)17(24)14-15)22-25-20-18(29-6-3)8-7-9-19(20)30-22;/h7-11,14H,4-6,12-13H2,1-3H3;1H. The summed E-state index contributed by atoms with van der Waals surface area (Å²) in [5.41, 5.74) is 0.767. The molecule has 0 atom stereocenters. The Kier molecular flexibility index (Phi) is 9.15. The van der Waals surface area contributed by atoms with Gasteiger partial charge in [-0.25, -0.2) is 13.8 Å². The van der Waals surface area contributed by atoms with E-state index in [4.69, 9.17) is 4.74 Å².